The predicted octanol–water partition coefficient (Wildman–Crippen LogP) is 2.56. The van der Waals surface area contributed by atoms with Crippen LogP contribution in [0.1, 0.15) is 28.2 Å². The number of nitrogens with zero attached hydrogens (tertiary/aromatic N) is 2. The number of nitrogens with one attached hydrogen (secondary N) is 1. The molecule has 1 fully saturated rings. The van der Waals surface area contributed by atoms with E-state index in [1.807, 2.05) is 12.2 Å². The van der Waals surface area contributed by atoms with E-state index in [1.54, 1.807) is 4.90 Å². The van der Waals surface area contributed by atoms with Crippen molar-refractivity contribution in [3.8, 4) is 0 Å². The van der Waals surface area contributed by atoms with Gasteiger partial charge in [-0.25, -0.2) is 4.98 Å². The molecule has 1 aliphatic heterocycles. The van der Waals surface area contributed by atoms with Crippen LogP contribution in [0.5, 0.6) is 0 Å². The summed E-state index contributed by atoms with van der Waals surface area (Å²) in [4.78, 5) is 18.4. The number of anilines is 1. The lowest BCUT2D eigenvalue weighted by Gasteiger charge is -2.27. The van der Waals surface area contributed by atoms with Gasteiger partial charge in [0.25, 0.3) is 15.9 Å². The van der Waals surface area contributed by atoms with Crippen LogP contribution >= 0.6 is 11.6 Å². The van der Waals surface area contributed by atoms with E-state index >= 15 is 0 Å². The Morgan fingerprint density at radius 3 is 2.79 bits per heavy atom. The number of sulfonamides is 1. The molecular weight excluding hydrogens is 406 g/mol. The Kier molecular flexibility index (Phi) is 5.13. The quantitative estimate of drug-likeness (QED) is 0.810. The molecule has 0 unspecified atom stereocenters. The normalized spacial score (nSPS) is 16.7. The zero-order chi connectivity index (χ0) is 19.7. The van der Waals surface area contributed by atoms with Crippen LogP contribution in [0.25, 0.3) is 6.08 Å². The molecule has 1 saturated heterocycles. The Labute approximate surface area is 167 Å². The number of rotatable bonds is 4. The first-order valence-electron chi connectivity index (χ1n) is 8.79. The Morgan fingerprint density at radius 1 is 1.25 bits per heavy atom. The summed E-state index contributed by atoms with van der Waals surface area (Å²) in [7, 11) is -4.06. The molecule has 1 aliphatic carbocycles. The van der Waals surface area contributed by atoms with E-state index in [0.29, 0.717) is 38.5 Å². The summed E-state index contributed by atoms with van der Waals surface area (Å²) in [5.74, 6) is 0.232. The lowest BCUT2D eigenvalue weighted by Crippen LogP contribution is -2.41. The molecule has 1 N–H and O–H groups in total. The SMILES string of the molecule is O=C(c1ncc(Cl)cc1NS(=O)(=O)c1cc2c(o1)CCC=C2)N1CCOCC1. The fourth-order valence-electron chi connectivity index (χ4n) is 3.11. The molecule has 2 aromatic heterocycles. The van der Waals surface area contributed by atoms with E-state index in [1.165, 1.54) is 18.3 Å². The topological polar surface area (TPSA) is 102 Å². The number of ether oxygens (including phenoxy) is 1. The Morgan fingerprint density at radius 2 is 2.04 bits per heavy atom. The summed E-state index contributed by atoms with van der Waals surface area (Å²) >= 11 is 5.99. The number of morpholine rings is 1. The maximum absolute atomic E-state index is 12.8. The number of hydrogen-bond donors (Lipinski definition) is 1. The van der Waals surface area contributed by atoms with Crippen molar-refractivity contribution in [2.45, 2.75) is 17.9 Å². The van der Waals surface area contributed by atoms with Gasteiger partial charge in [0, 0.05) is 37.3 Å². The highest BCUT2D eigenvalue weighted by Gasteiger charge is 2.27. The largest absolute Gasteiger partial charge is 0.447 e. The minimum absolute atomic E-state index is 0.00825. The highest BCUT2D eigenvalue weighted by Crippen LogP contribution is 2.28. The van der Waals surface area contributed by atoms with Crippen LogP contribution in [0.15, 0.2) is 33.9 Å². The van der Waals surface area contributed by atoms with Gasteiger partial charge in [0.1, 0.15) is 5.76 Å². The van der Waals surface area contributed by atoms with Crippen LogP contribution < -0.4 is 4.72 Å². The van der Waals surface area contributed by atoms with Gasteiger partial charge in [-0.3, -0.25) is 9.52 Å². The van der Waals surface area contributed by atoms with E-state index in [-0.39, 0.29) is 27.4 Å². The molecule has 2 aliphatic rings. The van der Waals surface area contributed by atoms with Gasteiger partial charge in [-0.15, -0.1) is 0 Å². The van der Waals surface area contributed by atoms with E-state index in [0.717, 1.165) is 12.0 Å². The summed E-state index contributed by atoms with van der Waals surface area (Å²) < 4.78 is 38.8. The van der Waals surface area contributed by atoms with Crippen molar-refractivity contribution in [3.63, 3.8) is 0 Å². The third-order valence-corrected chi connectivity index (χ3v) is 5.95. The van der Waals surface area contributed by atoms with Crippen LogP contribution in [0.4, 0.5) is 5.69 Å². The molecular formula is C18H18ClN3O5S. The number of hydrogen-bond acceptors (Lipinski definition) is 6. The smallest absolute Gasteiger partial charge is 0.295 e. The first-order chi connectivity index (χ1) is 13.4. The molecule has 1 amide bonds. The lowest BCUT2D eigenvalue weighted by molar-refractivity contribution is 0.0300. The number of pyridine rings is 1. The predicted molar refractivity (Wildman–Crippen MR) is 103 cm³/mol. The van der Waals surface area contributed by atoms with Crippen LogP contribution in [-0.2, 0) is 21.2 Å². The Hall–Kier alpha value is -2.36. The number of carbonyl (C=O) groups is 1. The lowest BCUT2D eigenvalue weighted by atomic mass is 10.1. The number of fused-ring (bicyclic) bond motifs is 1. The standard InChI is InChI=1S/C18H18ClN3O5S/c19-13-10-14(17(20-11-13)18(23)22-5-7-26-8-6-22)21-28(24,25)16-9-12-3-1-2-4-15(12)27-16/h1,3,9-11,21H,2,4-8H2. The van der Waals surface area contributed by atoms with Crippen molar-refractivity contribution < 1.29 is 22.4 Å². The number of halogens is 1. The molecule has 8 nitrogen and oxygen atoms in total. The van der Waals surface area contributed by atoms with Crippen LogP contribution in [0.2, 0.25) is 5.02 Å². The van der Waals surface area contributed by atoms with Crippen molar-refractivity contribution in [2.75, 3.05) is 31.0 Å². The van der Waals surface area contributed by atoms with E-state index in [9.17, 15) is 13.2 Å². The van der Waals surface area contributed by atoms with E-state index in [2.05, 4.69) is 9.71 Å². The van der Waals surface area contributed by atoms with Crippen LogP contribution in [0.3, 0.4) is 0 Å². The second-order valence-corrected chi connectivity index (χ2v) is 8.49. The van der Waals surface area contributed by atoms with Crippen molar-refractivity contribution >= 4 is 39.3 Å². The van der Waals surface area contributed by atoms with Gasteiger partial charge in [-0.2, -0.15) is 8.42 Å². The van der Waals surface area contributed by atoms with Crippen LogP contribution in [0, 0.1) is 0 Å². The fraction of sp³-hybridized carbons (Fsp3) is 0.333. The minimum Gasteiger partial charge on any atom is -0.447 e. The van der Waals surface area contributed by atoms with Crippen LogP contribution in [-0.4, -0.2) is 50.5 Å². The maximum atomic E-state index is 12.8. The summed E-state index contributed by atoms with van der Waals surface area (Å²) in [6.07, 6.45) is 6.53. The number of aryl methyl sites for hydroxylation is 1. The summed E-state index contributed by atoms with van der Waals surface area (Å²) in [5, 5.41) is -0.00769. The van der Waals surface area contributed by atoms with Crippen molar-refractivity contribution in [1.82, 2.24) is 9.88 Å². The molecule has 4 rings (SSSR count). The molecule has 0 atom stereocenters. The number of aromatic nitrogens is 1. The average molecular weight is 424 g/mol. The number of allylic oxidation sites excluding steroid dienone is 1. The third-order valence-electron chi connectivity index (χ3n) is 4.52. The monoisotopic (exact) mass is 423 g/mol. The average Bonchev–Trinajstić information content (AvgIpc) is 3.13. The highest BCUT2D eigenvalue weighted by atomic mass is 35.5. The molecule has 28 heavy (non-hydrogen) atoms. The Balaban J connectivity index is 1.65. The molecule has 3 heterocycles. The van der Waals surface area contributed by atoms with E-state index < -0.39 is 10.0 Å². The number of amides is 1. The molecule has 2 aromatic rings. The van der Waals surface area contributed by atoms with Crippen molar-refractivity contribution in [1.29, 1.82) is 0 Å². The second-order valence-electron chi connectivity index (χ2n) is 6.44. The molecule has 10 heteroatoms. The molecule has 0 radical (unpaired) electrons. The number of carbonyl (C=O) groups excluding carboxylic acids is 1. The summed E-state index contributed by atoms with van der Waals surface area (Å²) in [5.41, 5.74) is 0.723. The van der Waals surface area contributed by atoms with Gasteiger partial charge in [-0.05, 0) is 12.5 Å². The van der Waals surface area contributed by atoms with Crippen molar-refractivity contribution in [2.24, 2.45) is 0 Å². The zero-order valence-corrected chi connectivity index (χ0v) is 16.4. The van der Waals surface area contributed by atoms with E-state index in [4.69, 9.17) is 20.8 Å². The number of furan rings is 1. The molecule has 0 aromatic carbocycles. The maximum Gasteiger partial charge on any atom is 0.295 e. The summed E-state index contributed by atoms with van der Waals surface area (Å²) in [6, 6.07) is 2.83. The third kappa shape index (κ3) is 3.78. The first kappa shape index (κ1) is 19.0. The van der Waals surface area contributed by atoms with Gasteiger partial charge in [-0.1, -0.05) is 23.8 Å². The zero-order valence-electron chi connectivity index (χ0n) is 14.9. The molecule has 0 spiro atoms. The summed E-state index contributed by atoms with van der Waals surface area (Å²) in [6.45, 7) is 1.66. The van der Waals surface area contributed by atoms with Gasteiger partial charge in [0.15, 0.2) is 5.69 Å². The highest BCUT2D eigenvalue weighted by molar-refractivity contribution is 7.92. The van der Waals surface area contributed by atoms with Gasteiger partial charge >= 0.3 is 0 Å². The molecule has 148 valence electrons. The first-order valence-corrected chi connectivity index (χ1v) is 10.6. The minimum atomic E-state index is -4.06. The second kappa shape index (κ2) is 7.57. The van der Waals surface area contributed by atoms with Gasteiger partial charge in [0.2, 0.25) is 5.09 Å². The Bertz CT molecular complexity index is 1040. The molecule has 0 bridgehead atoms. The van der Waals surface area contributed by atoms with Gasteiger partial charge < -0.3 is 14.1 Å². The molecule has 0 saturated carbocycles. The van der Waals surface area contributed by atoms with Crippen molar-refractivity contribution in [3.05, 3.63) is 46.4 Å². The fourth-order valence-corrected chi connectivity index (χ4v) is 4.31. The van der Waals surface area contributed by atoms with Gasteiger partial charge in [0.05, 0.1) is 23.9 Å².